The Morgan fingerprint density at radius 1 is 1.10 bits per heavy atom. The molecule has 1 atom stereocenters. The summed E-state index contributed by atoms with van der Waals surface area (Å²) in [6, 6.07) is 12.3. The van der Waals surface area contributed by atoms with E-state index in [-0.39, 0.29) is 11.5 Å². The number of hydrogen-bond acceptors (Lipinski definition) is 5. The summed E-state index contributed by atoms with van der Waals surface area (Å²) >= 11 is 7.40. The molecular weight excluding hydrogens is 434 g/mol. The van der Waals surface area contributed by atoms with Crippen LogP contribution in [-0.2, 0) is 4.79 Å². The molecule has 0 radical (unpaired) electrons. The van der Waals surface area contributed by atoms with E-state index in [1.165, 1.54) is 29.6 Å². The van der Waals surface area contributed by atoms with Crippen molar-refractivity contribution in [1.82, 2.24) is 9.78 Å². The lowest BCUT2D eigenvalue weighted by atomic mass is 10.1. The van der Waals surface area contributed by atoms with Crippen LogP contribution < -0.4 is 15.6 Å². The summed E-state index contributed by atoms with van der Waals surface area (Å²) in [5.41, 5.74) is 4.06. The Kier molecular flexibility index (Phi) is 7.08. The number of methoxy groups -OCH3 is 1. The van der Waals surface area contributed by atoms with Gasteiger partial charge in [-0.1, -0.05) is 29.4 Å². The molecular formula is C23H24ClN3O3S. The second-order valence-corrected chi connectivity index (χ2v) is 9.01. The third-order valence-electron chi connectivity index (χ3n) is 4.92. The highest BCUT2D eigenvalue weighted by Gasteiger charge is 2.18. The zero-order valence-corrected chi connectivity index (χ0v) is 19.6. The first-order chi connectivity index (χ1) is 14.7. The Morgan fingerprint density at radius 3 is 2.52 bits per heavy atom. The van der Waals surface area contributed by atoms with Crippen LogP contribution in [0, 0.1) is 20.8 Å². The van der Waals surface area contributed by atoms with Crippen LogP contribution in [0.1, 0.15) is 23.6 Å². The number of nitrogens with zero attached hydrogens (tertiary/aromatic N) is 2. The molecule has 0 aliphatic rings. The summed E-state index contributed by atoms with van der Waals surface area (Å²) in [4.78, 5) is 25.1. The van der Waals surface area contributed by atoms with E-state index < -0.39 is 5.25 Å². The van der Waals surface area contributed by atoms with Gasteiger partial charge in [-0.3, -0.25) is 9.59 Å². The van der Waals surface area contributed by atoms with Gasteiger partial charge < -0.3 is 10.1 Å². The number of hydrogen-bond donors (Lipinski definition) is 1. The fourth-order valence-electron chi connectivity index (χ4n) is 2.90. The van der Waals surface area contributed by atoms with Crippen molar-refractivity contribution in [2.75, 3.05) is 12.4 Å². The van der Waals surface area contributed by atoms with Gasteiger partial charge in [0.15, 0.2) is 0 Å². The number of ether oxygens (including phenoxy) is 1. The lowest BCUT2D eigenvalue weighted by molar-refractivity contribution is -0.115. The van der Waals surface area contributed by atoms with Gasteiger partial charge in [0, 0.05) is 17.2 Å². The molecule has 0 bridgehead atoms. The monoisotopic (exact) mass is 457 g/mol. The van der Waals surface area contributed by atoms with E-state index in [1.807, 2.05) is 39.0 Å². The molecule has 0 fully saturated rings. The largest absolute Gasteiger partial charge is 0.495 e. The number of benzene rings is 2. The molecule has 6 nitrogen and oxygen atoms in total. The van der Waals surface area contributed by atoms with Crippen LogP contribution in [0.3, 0.4) is 0 Å². The van der Waals surface area contributed by atoms with Gasteiger partial charge in [-0.2, -0.15) is 9.78 Å². The van der Waals surface area contributed by atoms with Gasteiger partial charge in [-0.25, -0.2) is 0 Å². The van der Waals surface area contributed by atoms with Gasteiger partial charge in [0.1, 0.15) is 10.8 Å². The minimum absolute atomic E-state index is 0.212. The molecule has 0 spiro atoms. The van der Waals surface area contributed by atoms with Gasteiger partial charge in [-0.05, 0) is 68.7 Å². The van der Waals surface area contributed by atoms with E-state index in [0.717, 1.165) is 16.7 Å². The summed E-state index contributed by atoms with van der Waals surface area (Å²) in [7, 11) is 1.52. The predicted molar refractivity (Wildman–Crippen MR) is 126 cm³/mol. The van der Waals surface area contributed by atoms with E-state index in [0.29, 0.717) is 27.2 Å². The Bertz CT molecular complexity index is 1190. The fraction of sp³-hybridized carbons (Fsp3) is 0.261. The first-order valence-corrected chi connectivity index (χ1v) is 10.9. The van der Waals surface area contributed by atoms with Crippen molar-refractivity contribution in [2.45, 2.75) is 38.0 Å². The van der Waals surface area contributed by atoms with Crippen molar-refractivity contribution < 1.29 is 9.53 Å². The number of rotatable bonds is 6. The number of aromatic nitrogens is 2. The Balaban J connectivity index is 1.80. The topological polar surface area (TPSA) is 73.2 Å². The second kappa shape index (κ2) is 9.58. The molecule has 8 heteroatoms. The highest BCUT2D eigenvalue weighted by Crippen LogP contribution is 2.32. The summed E-state index contributed by atoms with van der Waals surface area (Å²) in [5.74, 6) is 0.276. The van der Waals surface area contributed by atoms with Gasteiger partial charge in [-0.15, -0.1) is 0 Å². The molecule has 1 amide bonds. The standard InChI is InChI=1S/C23H24ClN3O3S/c1-13-6-7-17(10-14(13)2)27-22(28)9-8-21(26-27)31-16(4)23(29)25-19-11-15(3)18(24)12-20(19)30-5/h6-12,16H,1-5H3,(H,25,29). The van der Waals surface area contributed by atoms with Crippen molar-refractivity contribution in [2.24, 2.45) is 0 Å². The molecule has 2 aromatic carbocycles. The maximum absolute atomic E-state index is 12.8. The number of anilines is 1. The molecule has 1 unspecified atom stereocenters. The van der Waals surface area contributed by atoms with E-state index in [1.54, 1.807) is 25.1 Å². The maximum atomic E-state index is 12.8. The SMILES string of the molecule is COc1cc(Cl)c(C)cc1NC(=O)C(C)Sc1ccc(=O)n(-c2ccc(C)c(C)c2)n1. The molecule has 1 heterocycles. The van der Waals surface area contributed by atoms with Crippen LogP contribution in [0.2, 0.25) is 5.02 Å². The van der Waals surface area contributed by atoms with Crippen molar-refractivity contribution in [3.8, 4) is 11.4 Å². The number of carbonyl (C=O) groups is 1. The molecule has 0 saturated carbocycles. The molecule has 1 aromatic heterocycles. The highest BCUT2D eigenvalue weighted by atomic mass is 35.5. The van der Waals surface area contributed by atoms with Gasteiger partial charge in [0.25, 0.3) is 5.56 Å². The van der Waals surface area contributed by atoms with E-state index in [9.17, 15) is 9.59 Å². The smallest absolute Gasteiger partial charge is 0.271 e. The van der Waals surface area contributed by atoms with Gasteiger partial charge in [0.2, 0.25) is 5.91 Å². The number of halogens is 1. The fourth-order valence-corrected chi connectivity index (χ4v) is 3.86. The predicted octanol–water partition coefficient (Wildman–Crippen LogP) is 4.94. The third-order valence-corrected chi connectivity index (χ3v) is 6.35. The van der Waals surface area contributed by atoms with Gasteiger partial charge in [0.05, 0.1) is 23.7 Å². The Hall–Kier alpha value is -2.77. The third kappa shape index (κ3) is 5.29. The normalized spacial score (nSPS) is 11.8. The second-order valence-electron chi connectivity index (χ2n) is 7.24. The lowest BCUT2D eigenvalue weighted by Crippen LogP contribution is -2.24. The number of aryl methyl sites for hydroxylation is 3. The number of carbonyl (C=O) groups excluding carboxylic acids is 1. The average Bonchev–Trinajstić information content (AvgIpc) is 2.73. The Morgan fingerprint density at radius 2 is 1.84 bits per heavy atom. The van der Waals surface area contributed by atoms with Gasteiger partial charge >= 0.3 is 0 Å². The van der Waals surface area contributed by atoms with Crippen LogP contribution in [0.4, 0.5) is 5.69 Å². The molecule has 0 aliphatic carbocycles. The number of nitrogens with one attached hydrogen (secondary N) is 1. The van der Waals surface area contributed by atoms with Crippen LogP contribution in [0.25, 0.3) is 5.69 Å². The van der Waals surface area contributed by atoms with Crippen molar-refractivity contribution in [3.63, 3.8) is 0 Å². The van der Waals surface area contributed by atoms with Crippen LogP contribution >= 0.6 is 23.4 Å². The lowest BCUT2D eigenvalue weighted by Gasteiger charge is -2.15. The van der Waals surface area contributed by atoms with Crippen LogP contribution in [-0.4, -0.2) is 28.0 Å². The number of amides is 1. The molecule has 31 heavy (non-hydrogen) atoms. The summed E-state index contributed by atoms with van der Waals surface area (Å²) in [6.45, 7) is 7.64. The van der Waals surface area contributed by atoms with Crippen LogP contribution in [0.5, 0.6) is 5.75 Å². The minimum Gasteiger partial charge on any atom is -0.495 e. The minimum atomic E-state index is -0.459. The zero-order valence-electron chi connectivity index (χ0n) is 18.0. The average molecular weight is 458 g/mol. The van der Waals surface area contributed by atoms with Crippen LogP contribution in [0.15, 0.2) is 52.3 Å². The molecule has 0 aliphatic heterocycles. The first kappa shape index (κ1) is 22.9. The highest BCUT2D eigenvalue weighted by molar-refractivity contribution is 8.00. The van der Waals surface area contributed by atoms with E-state index >= 15 is 0 Å². The summed E-state index contributed by atoms with van der Waals surface area (Å²) < 4.78 is 6.67. The summed E-state index contributed by atoms with van der Waals surface area (Å²) in [6.07, 6.45) is 0. The Labute approximate surface area is 190 Å². The molecule has 3 aromatic rings. The molecule has 162 valence electrons. The van der Waals surface area contributed by atoms with E-state index in [4.69, 9.17) is 16.3 Å². The maximum Gasteiger partial charge on any atom is 0.271 e. The first-order valence-electron chi connectivity index (χ1n) is 9.69. The number of thioether (sulfide) groups is 1. The van der Waals surface area contributed by atoms with Crippen molar-refractivity contribution >= 4 is 35.0 Å². The molecule has 0 saturated heterocycles. The van der Waals surface area contributed by atoms with Crippen molar-refractivity contribution in [1.29, 1.82) is 0 Å². The quantitative estimate of drug-likeness (QED) is 0.531. The van der Waals surface area contributed by atoms with E-state index in [2.05, 4.69) is 10.4 Å². The summed E-state index contributed by atoms with van der Waals surface area (Å²) in [5, 5.41) is 8.00. The molecule has 1 N–H and O–H groups in total. The van der Waals surface area contributed by atoms with Crippen molar-refractivity contribution in [3.05, 3.63) is 74.5 Å². The zero-order chi connectivity index (χ0) is 22.7. The molecule has 3 rings (SSSR count).